The van der Waals surface area contributed by atoms with Gasteiger partial charge in [0.1, 0.15) is 0 Å². The molecule has 0 saturated carbocycles. The van der Waals surface area contributed by atoms with Crippen LogP contribution in [0.25, 0.3) is 0 Å². The van der Waals surface area contributed by atoms with Crippen LogP contribution in [0, 0.1) is 0 Å². The predicted octanol–water partition coefficient (Wildman–Crippen LogP) is 2.73. The molecule has 0 spiro atoms. The lowest BCUT2D eigenvalue weighted by molar-refractivity contribution is 0.0949. The van der Waals surface area contributed by atoms with Crippen molar-refractivity contribution in [2.24, 2.45) is 0 Å². The Morgan fingerprint density at radius 2 is 1.94 bits per heavy atom. The average molecular weight is 251 g/mol. The Morgan fingerprint density at radius 1 is 1.29 bits per heavy atom. The SMILES string of the molecule is CCc1ccc(C(=O)CN(C)CCSC)cc1. The van der Waals surface area contributed by atoms with E-state index < -0.39 is 0 Å². The highest BCUT2D eigenvalue weighted by atomic mass is 32.2. The number of ketones is 1. The highest BCUT2D eigenvalue weighted by molar-refractivity contribution is 7.98. The molecule has 2 nitrogen and oxygen atoms in total. The van der Waals surface area contributed by atoms with Gasteiger partial charge in [-0.1, -0.05) is 31.2 Å². The molecule has 0 bridgehead atoms. The van der Waals surface area contributed by atoms with Gasteiger partial charge in [-0.2, -0.15) is 11.8 Å². The lowest BCUT2D eigenvalue weighted by Crippen LogP contribution is -2.28. The second-order valence-electron chi connectivity index (χ2n) is 4.20. The summed E-state index contributed by atoms with van der Waals surface area (Å²) < 4.78 is 0. The van der Waals surface area contributed by atoms with Crippen LogP contribution in [0.2, 0.25) is 0 Å². The van der Waals surface area contributed by atoms with Crippen molar-refractivity contribution in [1.82, 2.24) is 4.90 Å². The van der Waals surface area contributed by atoms with Gasteiger partial charge in [-0.25, -0.2) is 0 Å². The van der Waals surface area contributed by atoms with Crippen molar-refractivity contribution in [2.75, 3.05) is 32.1 Å². The van der Waals surface area contributed by atoms with E-state index in [4.69, 9.17) is 0 Å². The number of Topliss-reactive ketones (excluding diaryl/α,β-unsaturated/α-hetero) is 1. The van der Waals surface area contributed by atoms with Gasteiger partial charge < -0.3 is 0 Å². The van der Waals surface area contributed by atoms with Gasteiger partial charge >= 0.3 is 0 Å². The van der Waals surface area contributed by atoms with Crippen LogP contribution in [0.5, 0.6) is 0 Å². The predicted molar refractivity (Wildman–Crippen MR) is 76.0 cm³/mol. The third kappa shape index (κ3) is 4.92. The first-order valence-electron chi connectivity index (χ1n) is 5.97. The number of hydrogen-bond acceptors (Lipinski definition) is 3. The lowest BCUT2D eigenvalue weighted by atomic mass is 10.1. The number of carbonyl (C=O) groups is 1. The zero-order chi connectivity index (χ0) is 12.7. The smallest absolute Gasteiger partial charge is 0.176 e. The summed E-state index contributed by atoms with van der Waals surface area (Å²) >= 11 is 1.80. The number of benzene rings is 1. The normalized spacial score (nSPS) is 10.8. The quantitative estimate of drug-likeness (QED) is 0.695. The molecule has 0 atom stereocenters. The Hall–Kier alpha value is -0.800. The summed E-state index contributed by atoms with van der Waals surface area (Å²) in [4.78, 5) is 14.0. The van der Waals surface area contributed by atoms with Gasteiger partial charge in [0.25, 0.3) is 0 Å². The fourth-order valence-electron chi connectivity index (χ4n) is 1.59. The van der Waals surface area contributed by atoms with Gasteiger partial charge in [0.15, 0.2) is 5.78 Å². The van der Waals surface area contributed by atoms with Gasteiger partial charge in [0.2, 0.25) is 0 Å². The molecule has 0 N–H and O–H groups in total. The minimum atomic E-state index is 0.205. The van der Waals surface area contributed by atoms with Crippen LogP contribution in [0.15, 0.2) is 24.3 Å². The number of carbonyl (C=O) groups excluding carboxylic acids is 1. The number of rotatable bonds is 7. The van der Waals surface area contributed by atoms with Crippen molar-refractivity contribution in [1.29, 1.82) is 0 Å². The lowest BCUT2D eigenvalue weighted by Gasteiger charge is -2.14. The molecule has 3 heteroatoms. The first kappa shape index (κ1) is 14.3. The maximum atomic E-state index is 12.0. The van der Waals surface area contributed by atoms with Crippen LogP contribution in [0.3, 0.4) is 0 Å². The van der Waals surface area contributed by atoms with Crippen molar-refractivity contribution >= 4 is 17.5 Å². The zero-order valence-corrected chi connectivity index (χ0v) is 11.7. The standard InChI is InChI=1S/C14H21NOS/c1-4-12-5-7-13(8-6-12)14(16)11-15(2)9-10-17-3/h5-8H,4,9-11H2,1-3H3. The van der Waals surface area contributed by atoms with Crippen molar-refractivity contribution in [3.8, 4) is 0 Å². The summed E-state index contributed by atoms with van der Waals surface area (Å²) in [6.07, 6.45) is 3.10. The highest BCUT2D eigenvalue weighted by Gasteiger charge is 2.08. The first-order valence-corrected chi connectivity index (χ1v) is 7.36. The van der Waals surface area contributed by atoms with E-state index in [1.807, 2.05) is 31.3 Å². The first-order chi connectivity index (χ1) is 8.17. The molecule has 17 heavy (non-hydrogen) atoms. The van der Waals surface area contributed by atoms with Gasteiger partial charge in [-0.3, -0.25) is 9.69 Å². The summed E-state index contributed by atoms with van der Waals surface area (Å²) in [5.74, 6) is 1.27. The molecule has 0 fully saturated rings. The summed E-state index contributed by atoms with van der Waals surface area (Å²) in [6.45, 7) is 3.58. The van der Waals surface area contributed by atoms with Gasteiger partial charge in [-0.15, -0.1) is 0 Å². The second kappa shape index (κ2) is 7.51. The van der Waals surface area contributed by atoms with E-state index in [1.165, 1.54) is 5.56 Å². The number of thioether (sulfide) groups is 1. The van der Waals surface area contributed by atoms with E-state index in [1.54, 1.807) is 11.8 Å². The largest absolute Gasteiger partial charge is 0.298 e. The maximum Gasteiger partial charge on any atom is 0.176 e. The van der Waals surface area contributed by atoms with E-state index in [0.717, 1.165) is 24.3 Å². The molecule has 0 radical (unpaired) electrons. The van der Waals surface area contributed by atoms with Crippen molar-refractivity contribution in [3.05, 3.63) is 35.4 Å². The molecule has 0 heterocycles. The molecule has 0 saturated heterocycles. The molecular formula is C14H21NOS. The van der Waals surface area contributed by atoms with Crippen LogP contribution in [0.1, 0.15) is 22.8 Å². The highest BCUT2D eigenvalue weighted by Crippen LogP contribution is 2.06. The Bertz CT molecular complexity index is 348. The summed E-state index contributed by atoms with van der Waals surface area (Å²) in [5.41, 5.74) is 2.09. The Morgan fingerprint density at radius 3 is 2.47 bits per heavy atom. The molecular weight excluding hydrogens is 230 g/mol. The number of likely N-dealkylation sites (N-methyl/N-ethyl adjacent to an activating group) is 1. The summed E-state index contributed by atoms with van der Waals surface area (Å²) in [6, 6.07) is 7.94. The molecule has 1 aromatic carbocycles. The molecule has 0 amide bonds. The molecule has 0 unspecified atom stereocenters. The fourth-order valence-corrected chi connectivity index (χ4v) is 2.08. The summed E-state index contributed by atoms with van der Waals surface area (Å²) in [7, 11) is 1.99. The molecule has 0 aliphatic heterocycles. The van der Waals surface area contributed by atoms with Crippen LogP contribution in [0.4, 0.5) is 0 Å². The monoisotopic (exact) mass is 251 g/mol. The number of aryl methyl sites for hydroxylation is 1. The van der Waals surface area contributed by atoms with Crippen LogP contribution >= 0.6 is 11.8 Å². The van der Waals surface area contributed by atoms with Gasteiger partial charge in [-0.05, 0) is 25.3 Å². The Kier molecular flexibility index (Phi) is 6.30. The minimum Gasteiger partial charge on any atom is -0.298 e. The Labute approximate surface area is 108 Å². The van der Waals surface area contributed by atoms with E-state index in [9.17, 15) is 4.79 Å². The Balaban J connectivity index is 2.51. The summed E-state index contributed by atoms with van der Waals surface area (Å²) in [5, 5.41) is 0. The number of hydrogen-bond donors (Lipinski definition) is 0. The van der Waals surface area contributed by atoms with Gasteiger partial charge in [0, 0.05) is 17.9 Å². The molecule has 1 aromatic rings. The second-order valence-corrected chi connectivity index (χ2v) is 5.19. The third-order valence-corrected chi connectivity index (χ3v) is 3.37. The van der Waals surface area contributed by atoms with Crippen molar-refractivity contribution in [2.45, 2.75) is 13.3 Å². The molecule has 94 valence electrons. The average Bonchev–Trinajstić information content (AvgIpc) is 2.36. The maximum absolute atomic E-state index is 12.0. The fraction of sp³-hybridized carbons (Fsp3) is 0.500. The third-order valence-electron chi connectivity index (χ3n) is 2.77. The number of nitrogens with zero attached hydrogens (tertiary/aromatic N) is 1. The van der Waals surface area contributed by atoms with E-state index in [0.29, 0.717) is 6.54 Å². The molecule has 0 aromatic heterocycles. The topological polar surface area (TPSA) is 20.3 Å². The van der Waals surface area contributed by atoms with Crippen LogP contribution < -0.4 is 0 Å². The molecule has 1 rings (SSSR count). The van der Waals surface area contributed by atoms with Crippen LogP contribution in [-0.4, -0.2) is 42.8 Å². The van der Waals surface area contributed by atoms with Gasteiger partial charge in [0.05, 0.1) is 6.54 Å². The van der Waals surface area contributed by atoms with E-state index >= 15 is 0 Å². The van der Waals surface area contributed by atoms with Crippen LogP contribution in [-0.2, 0) is 6.42 Å². The van der Waals surface area contributed by atoms with E-state index in [-0.39, 0.29) is 5.78 Å². The van der Waals surface area contributed by atoms with E-state index in [2.05, 4.69) is 18.1 Å². The zero-order valence-electron chi connectivity index (χ0n) is 10.9. The molecule has 0 aliphatic carbocycles. The minimum absolute atomic E-state index is 0.205. The molecule has 0 aliphatic rings. The van der Waals surface area contributed by atoms with Crippen molar-refractivity contribution < 1.29 is 4.79 Å². The van der Waals surface area contributed by atoms with Crippen molar-refractivity contribution in [3.63, 3.8) is 0 Å².